The van der Waals surface area contributed by atoms with Gasteiger partial charge in [0.05, 0.1) is 5.03 Å². The molecule has 0 saturated heterocycles. The lowest BCUT2D eigenvalue weighted by Crippen LogP contribution is -1.98. The Labute approximate surface area is 89.7 Å². The van der Waals surface area contributed by atoms with Crippen molar-refractivity contribution < 1.29 is 0 Å². The third-order valence-corrected chi connectivity index (χ3v) is 2.52. The van der Waals surface area contributed by atoms with Gasteiger partial charge in [0.25, 0.3) is 0 Å². The van der Waals surface area contributed by atoms with Gasteiger partial charge in [-0.1, -0.05) is 6.07 Å². The van der Waals surface area contributed by atoms with Crippen LogP contribution in [0, 0.1) is 0 Å². The van der Waals surface area contributed by atoms with E-state index in [0.717, 1.165) is 23.7 Å². The molecule has 2 N–H and O–H groups in total. The molecule has 2 nitrogen and oxygen atoms in total. The first-order valence-corrected chi connectivity index (χ1v) is 5.16. The standard InChI is InChI=1S/C9H14N2S.ClH/c10-6-2-4-8-12-9-5-1-3-7-11-9;/h1,3,5,7H,2,4,6,8,10H2;1H. The van der Waals surface area contributed by atoms with Gasteiger partial charge in [-0.25, -0.2) is 4.98 Å². The van der Waals surface area contributed by atoms with Crippen LogP contribution in [0.25, 0.3) is 0 Å². The largest absolute Gasteiger partial charge is 0.330 e. The summed E-state index contributed by atoms with van der Waals surface area (Å²) in [5, 5.41) is 1.11. The Hall–Kier alpha value is -0.250. The van der Waals surface area contributed by atoms with Crippen molar-refractivity contribution in [1.82, 2.24) is 4.98 Å². The smallest absolute Gasteiger partial charge is 0.0959 e. The van der Waals surface area contributed by atoms with E-state index in [4.69, 9.17) is 5.73 Å². The highest BCUT2D eigenvalue weighted by Gasteiger charge is 1.92. The molecule has 0 aliphatic heterocycles. The molecule has 4 heteroatoms. The van der Waals surface area contributed by atoms with Crippen LogP contribution in [0.1, 0.15) is 12.8 Å². The maximum Gasteiger partial charge on any atom is 0.0959 e. The molecule has 0 bridgehead atoms. The third-order valence-electron chi connectivity index (χ3n) is 1.49. The van der Waals surface area contributed by atoms with Gasteiger partial charge in [-0.2, -0.15) is 0 Å². The summed E-state index contributed by atoms with van der Waals surface area (Å²) in [5.41, 5.74) is 5.38. The van der Waals surface area contributed by atoms with Crippen LogP contribution in [0.3, 0.4) is 0 Å². The summed E-state index contributed by atoms with van der Waals surface area (Å²) in [6, 6.07) is 5.98. The van der Waals surface area contributed by atoms with Crippen LogP contribution in [0.4, 0.5) is 0 Å². The molecule has 0 unspecified atom stereocenters. The highest BCUT2D eigenvalue weighted by atomic mass is 35.5. The lowest BCUT2D eigenvalue weighted by molar-refractivity contribution is 0.814. The fourth-order valence-electron chi connectivity index (χ4n) is 0.856. The van der Waals surface area contributed by atoms with Crippen molar-refractivity contribution in [2.24, 2.45) is 5.73 Å². The van der Waals surface area contributed by atoms with Gasteiger partial charge >= 0.3 is 0 Å². The minimum Gasteiger partial charge on any atom is -0.330 e. The highest BCUT2D eigenvalue weighted by Crippen LogP contribution is 2.15. The molecule has 74 valence electrons. The lowest BCUT2D eigenvalue weighted by Gasteiger charge is -1.98. The average Bonchev–Trinajstić information content (AvgIpc) is 2.14. The Kier molecular flexibility index (Phi) is 8.19. The molecular weight excluding hydrogens is 204 g/mol. The Morgan fingerprint density at radius 3 is 2.77 bits per heavy atom. The van der Waals surface area contributed by atoms with E-state index < -0.39 is 0 Å². The summed E-state index contributed by atoms with van der Waals surface area (Å²) >= 11 is 1.79. The molecule has 1 aromatic rings. The van der Waals surface area contributed by atoms with E-state index in [2.05, 4.69) is 4.98 Å². The average molecular weight is 219 g/mol. The van der Waals surface area contributed by atoms with Crippen molar-refractivity contribution in [3.8, 4) is 0 Å². The number of nitrogens with two attached hydrogens (primary N) is 1. The fraction of sp³-hybridized carbons (Fsp3) is 0.444. The second kappa shape index (κ2) is 8.35. The summed E-state index contributed by atoms with van der Waals surface area (Å²) in [5.74, 6) is 1.12. The second-order valence-corrected chi connectivity index (χ2v) is 3.63. The van der Waals surface area contributed by atoms with Gasteiger partial charge in [0, 0.05) is 6.20 Å². The van der Waals surface area contributed by atoms with E-state index in [1.54, 1.807) is 11.8 Å². The summed E-state index contributed by atoms with van der Waals surface area (Å²) in [6.45, 7) is 0.794. The molecule has 0 spiro atoms. The monoisotopic (exact) mass is 218 g/mol. The molecule has 1 aromatic heterocycles. The molecule has 0 amide bonds. The van der Waals surface area contributed by atoms with E-state index in [1.807, 2.05) is 24.4 Å². The molecule has 1 rings (SSSR count). The maximum atomic E-state index is 5.38. The lowest BCUT2D eigenvalue weighted by atomic mass is 10.3. The first-order valence-electron chi connectivity index (χ1n) is 4.17. The number of pyridine rings is 1. The van der Waals surface area contributed by atoms with Crippen molar-refractivity contribution in [1.29, 1.82) is 0 Å². The first-order chi connectivity index (χ1) is 5.93. The van der Waals surface area contributed by atoms with Gasteiger partial charge in [-0.15, -0.1) is 24.2 Å². The van der Waals surface area contributed by atoms with Gasteiger partial charge in [0.15, 0.2) is 0 Å². The zero-order valence-electron chi connectivity index (χ0n) is 7.48. The molecule has 0 saturated carbocycles. The van der Waals surface area contributed by atoms with E-state index >= 15 is 0 Å². The topological polar surface area (TPSA) is 38.9 Å². The van der Waals surface area contributed by atoms with Crippen LogP contribution >= 0.6 is 24.2 Å². The SMILES string of the molecule is Cl.NCCCCSc1ccccn1. The number of hydrogen-bond donors (Lipinski definition) is 1. The van der Waals surface area contributed by atoms with Crippen molar-refractivity contribution in [2.45, 2.75) is 17.9 Å². The minimum absolute atomic E-state index is 0. The number of halogens is 1. The van der Waals surface area contributed by atoms with Crippen molar-refractivity contribution in [3.63, 3.8) is 0 Å². The number of aromatic nitrogens is 1. The number of rotatable bonds is 5. The molecular formula is C9H15ClN2S. The Bertz CT molecular complexity index is 206. The predicted molar refractivity (Wildman–Crippen MR) is 60.5 cm³/mol. The molecule has 0 aliphatic rings. The van der Waals surface area contributed by atoms with Crippen molar-refractivity contribution >= 4 is 24.2 Å². The van der Waals surface area contributed by atoms with Crippen LogP contribution in [0.5, 0.6) is 0 Å². The molecule has 0 fully saturated rings. The zero-order chi connectivity index (χ0) is 8.65. The third kappa shape index (κ3) is 5.91. The molecule has 0 aliphatic carbocycles. The number of hydrogen-bond acceptors (Lipinski definition) is 3. The van der Waals surface area contributed by atoms with Crippen LogP contribution in [-0.2, 0) is 0 Å². The van der Waals surface area contributed by atoms with Gasteiger partial charge in [0.2, 0.25) is 0 Å². The quantitative estimate of drug-likeness (QED) is 0.609. The molecule has 13 heavy (non-hydrogen) atoms. The van der Waals surface area contributed by atoms with Crippen LogP contribution in [0.15, 0.2) is 29.4 Å². The highest BCUT2D eigenvalue weighted by molar-refractivity contribution is 7.99. The summed E-state index contributed by atoms with van der Waals surface area (Å²) in [4.78, 5) is 4.21. The van der Waals surface area contributed by atoms with Gasteiger partial charge in [-0.05, 0) is 37.3 Å². The van der Waals surface area contributed by atoms with Gasteiger partial charge < -0.3 is 5.73 Å². The maximum absolute atomic E-state index is 5.38. The Balaban J connectivity index is 0.00000144. The van der Waals surface area contributed by atoms with Crippen LogP contribution in [-0.4, -0.2) is 17.3 Å². The summed E-state index contributed by atoms with van der Waals surface area (Å²) < 4.78 is 0. The predicted octanol–water partition coefficient (Wildman–Crippen LogP) is 2.33. The molecule has 0 atom stereocenters. The van der Waals surface area contributed by atoms with Crippen molar-refractivity contribution in [3.05, 3.63) is 24.4 Å². The van der Waals surface area contributed by atoms with E-state index in [1.165, 1.54) is 6.42 Å². The van der Waals surface area contributed by atoms with E-state index in [-0.39, 0.29) is 12.4 Å². The minimum atomic E-state index is 0. The number of unbranched alkanes of at least 4 members (excludes halogenated alkanes) is 1. The van der Waals surface area contributed by atoms with Gasteiger partial charge in [-0.3, -0.25) is 0 Å². The Morgan fingerprint density at radius 1 is 1.31 bits per heavy atom. The Morgan fingerprint density at radius 2 is 2.15 bits per heavy atom. The molecule has 0 radical (unpaired) electrons. The molecule has 1 heterocycles. The molecule has 0 aromatic carbocycles. The zero-order valence-corrected chi connectivity index (χ0v) is 9.11. The number of nitrogens with zero attached hydrogens (tertiary/aromatic N) is 1. The summed E-state index contributed by atoms with van der Waals surface area (Å²) in [7, 11) is 0. The van der Waals surface area contributed by atoms with E-state index in [9.17, 15) is 0 Å². The van der Waals surface area contributed by atoms with Crippen LogP contribution < -0.4 is 5.73 Å². The van der Waals surface area contributed by atoms with Crippen LogP contribution in [0.2, 0.25) is 0 Å². The summed E-state index contributed by atoms with van der Waals surface area (Å²) in [6.07, 6.45) is 4.11. The second-order valence-electron chi connectivity index (χ2n) is 2.51. The van der Waals surface area contributed by atoms with Gasteiger partial charge in [0.1, 0.15) is 0 Å². The van der Waals surface area contributed by atoms with Crippen molar-refractivity contribution in [2.75, 3.05) is 12.3 Å². The fourth-order valence-corrected chi connectivity index (χ4v) is 1.72. The van der Waals surface area contributed by atoms with E-state index in [0.29, 0.717) is 0 Å². The first kappa shape index (κ1) is 12.8. The number of thioether (sulfide) groups is 1. The normalized spacial score (nSPS) is 9.31.